The van der Waals surface area contributed by atoms with E-state index in [1.165, 1.54) is 0 Å². The molecule has 1 N–H and O–H groups in total. The number of carbonyl (C=O) groups is 4. The van der Waals surface area contributed by atoms with Crippen molar-refractivity contribution in [2.45, 2.75) is 221 Å². The zero-order valence-corrected chi connectivity index (χ0v) is 39.5. The van der Waals surface area contributed by atoms with Gasteiger partial charge in [-0.1, -0.05) is 138 Å². The molecule has 0 aliphatic rings. The van der Waals surface area contributed by atoms with E-state index in [0.29, 0.717) is 56.6 Å². The number of hydrogen-bond acceptors (Lipinski definition) is 5. The van der Waals surface area contributed by atoms with Crippen molar-refractivity contribution in [1.82, 2.24) is 0 Å². The number of hydrogen-bond donors (Lipinski definition) is 1. The first kappa shape index (κ1) is 55.5. The molecule has 326 valence electrons. The molecule has 0 aromatic rings. The van der Waals surface area contributed by atoms with Crippen LogP contribution in [0.25, 0.3) is 0 Å². The average Bonchev–Trinajstić information content (AvgIpc) is 2.93. The number of aliphatic hydroxyl groups is 1. The summed E-state index contributed by atoms with van der Waals surface area (Å²) in [6.45, 7) is 41.0. The monoisotopic (exact) mass is 789 g/mol. The zero-order chi connectivity index (χ0) is 44.6. The molecule has 0 aromatic carbocycles. The van der Waals surface area contributed by atoms with Gasteiger partial charge in [0.15, 0.2) is 5.60 Å². The van der Waals surface area contributed by atoms with E-state index in [4.69, 9.17) is 0 Å². The molecule has 0 saturated carbocycles. The third kappa shape index (κ3) is 18.3. The number of carbonyl (C=O) groups excluding carboxylic acids is 4. The first-order valence-electron chi connectivity index (χ1n) is 21.0. The lowest BCUT2D eigenvalue weighted by Crippen LogP contribution is -2.45. The summed E-state index contributed by atoms with van der Waals surface area (Å²) in [6, 6.07) is 0. The summed E-state index contributed by atoms with van der Waals surface area (Å²) < 4.78 is 40.0. The second-order valence-electron chi connectivity index (χ2n) is 23.0. The Labute approximate surface area is 336 Å². The van der Waals surface area contributed by atoms with Crippen LogP contribution < -0.4 is 0 Å². The minimum Gasteiger partial charge on any atom is -0.381 e. The van der Waals surface area contributed by atoms with Gasteiger partial charge in [0.05, 0.1) is 0 Å². The summed E-state index contributed by atoms with van der Waals surface area (Å²) in [5.74, 6) is 0.410. The summed E-state index contributed by atoms with van der Waals surface area (Å²) in [5.41, 5.74) is -5.53. The number of alkyl halides is 3. The van der Waals surface area contributed by atoms with Crippen LogP contribution in [-0.2, 0) is 19.2 Å². The van der Waals surface area contributed by atoms with E-state index >= 15 is 0 Å². The Morgan fingerprint density at radius 1 is 0.545 bits per heavy atom. The lowest BCUT2D eigenvalue weighted by Gasteiger charge is -2.42. The Bertz CT molecular complexity index is 1260. The molecule has 0 saturated heterocycles. The van der Waals surface area contributed by atoms with Gasteiger partial charge in [0.25, 0.3) is 0 Å². The predicted molar refractivity (Wildman–Crippen MR) is 224 cm³/mol. The van der Waals surface area contributed by atoms with Gasteiger partial charge in [-0.05, 0) is 79.4 Å². The molecule has 0 fully saturated rings. The quantitative estimate of drug-likeness (QED) is 0.125. The molecule has 0 heterocycles. The van der Waals surface area contributed by atoms with Crippen LogP contribution in [0, 0.1) is 55.7 Å². The van der Waals surface area contributed by atoms with Gasteiger partial charge >= 0.3 is 6.18 Å². The van der Waals surface area contributed by atoms with E-state index in [9.17, 15) is 37.5 Å². The third-order valence-corrected chi connectivity index (χ3v) is 12.6. The van der Waals surface area contributed by atoms with Gasteiger partial charge in [0.2, 0.25) is 0 Å². The molecule has 55 heavy (non-hydrogen) atoms. The molecule has 0 bridgehead atoms. The highest BCUT2D eigenvalue weighted by Gasteiger charge is 2.51. The van der Waals surface area contributed by atoms with Crippen LogP contribution in [-0.4, -0.2) is 40.0 Å². The minimum absolute atomic E-state index is 0.000399. The SMILES string of the molecule is CCC(C)(CC(C)(C)C(=O)CC(C)(C)C(C)(C)C)C(=O)CC(CC(C)C)CC(C)(O)C(F)(F)F.CCC(C)(CC(C)(C)C(=O)CC(C)C)C(=O)CC(C)(C)C. The summed E-state index contributed by atoms with van der Waals surface area (Å²) in [7, 11) is 0. The van der Waals surface area contributed by atoms with Gasteiger partial charge in [-0.2, -0.15) is 13.2 Å². The normalized spacial score (nSPS) is 17.4. The molecule has 5 nitrogen and oxygen atoms in total. The Hall–Kier alpha value is -1.57. The molecule has 0 amide bonds. The van der Waals surface area contributed by atoms with E-state index in [-0.39, 0.29) is 45.9 Å². The van der Waals surface area contributed by atoms with Crippen LogP contribution in [0.4, 0.5) is 13.2 Å². The summed E-state index contributed by atoms with van der Waals surface area (Å²) in [4.78, 5) is 52.0. The van der Waals surface area contributed by atoms with Gasteiger partial charge in [-0.15, -0.1) is 0 Å². The van der Waals surface area contributed by atoms with Crippen LogP contribution >= 0.6 is 0 Å². The van der Waals surface area contributed by atoms with Gasteiger partial charge < -0.3 is 5.11 Å². The molecular formula is C47H87F3O5. The Balaban J connectivity index is 0. The largest absolute Gasteiger partial charge is 0.416 e. The highest BCUT2D eigenvalue weighted by Crippen LogP contribution is 2.47. The molecule has 0 aromatic heterocycles. The molecule has 0 aliphatic heterocycles. The standard InChI is InChI=1S/C28H51F3O3.C19H36O2/c1-13-26(11,18-24(7,8)22(33)17-25(9,10)23(4,5)6)21(32)15-20(14-19(2)3)16-27(12,34)28(29,30)31;1-10-19(9,16(21)12-17(4,5)6)13-18(7,8)15(20)11-14(2)3/h19-20,34H,13-18H2,1-12H3;14H,10-13H2,1-9H3. The van der Waals surface area contributed by atoms with Crippen LogP contribution in [0.2, 0.25) is 0 Å². The second-order valence-corrected chi connectivity index (χ2v) is 23.0. The maximum atomic E-state index is 13.5. The fourth-order valence-electron chi connectivity index (χ4n) is 7.33. The molecule has 0 radical (unpaired) electrons. The van der Waals surface area contributed by atoms with Crippen LogP contribution in [0.1, 0.15) is 210 Å². The zero-order valence-electron chi connectivity index (χ0n) is 39.5. The van der Waals surface area contributed by atoms with Crippen molar-refractivity contribution in [3.63, 3.8) is 0 Å². The van der Waals surface area contributed by atoms with E-state index in [1.54, 1.807) is 0 Å². The van der Waals surface area contributed by atoms with Gasteiger partial charge in [0, 0.05) is 47.3 Å². The third-order valence-electron chi connectivity index (χ3n) is 12.6. The smallest absolute Gasteiger partial charge is 0.381 e. The van der Waals surface area contributed by atoms with Crippen LogP contribution in [0.15, 0.2) is 0 Å². The van der Waals surface area contributed by atoms with Crippen molar-refractivity contribution in [1.29, 1.82) is 0 Å². The van der Waals surface area contributed by atoms with Crippen LogP contribution in [0.3, 0.4) is 0 Å². The molecule has 8 heteroatoms. The van der Waals surface area contributed by atoms with Crippen molar-refractivity contribution >= 4 is 23.1 Å². The van der Waals surface area contributed by atoms with E-state index in [2.05, 4.69) is 76.2 Å². The number of rotatable bonds is 21. The highest BCUT2D eigenvalue weighted by atomic mass is 19.4. The summed E-state index contributed by atoms with van der Waals surface area (Å²) >= 11 is 0. The van der Waals surface area contributed by atoms with Crippen molar-refractivity contribution in [3.05, 3.63) is 0 Å². The Morgan fingerprint density at radius 2 is 0.945 bits per heavy atom. The first-order chi connectivity index (χ1) is 24.0. The highest BCUT2D eigenvalue weighted by molar-refractivity contribution is 5.89. The van der Waals surface area contributed by atoms with Crippen molar-refractivity contribution < 1.29 is 37.5 Å². The molecule has 0 spiro atoms. The molecule has 0 aliphatic carbocycles. The molecular weight excluding hydrogens is 702 g/mol. The lowest BCUT2D eigenvalue weighted by molar-refractivity contribution is -0.259. The van der Waals surface area contributed by atoms with Crippen molar-refractivity contribution in [2.24, 2.45) is 55.7 Å². The Kier molecular flexibility index (Phi) is 20.1. The fraction of sp³-hybridized carbons (Fsp3) is 0.915. The van der Waals surface area contributed by atoms with Gasteiger partial charge in [-0.3, -0.25) is 19.2 Å². The first-order valence-corrected chi connectivity index (χ1v) is 21.0. The topological polar surface area (TPSA) is 88.5 Å². The molecule has 4 unspecified atom stereocenters. The Morgan fingerprint density at radius 3 is 1.27 bits per heavy atom. The average molecular weight is 789 g/mol. The van der Waals surface area contributed by atoms with Gasteiger partial charge in [0.1, 0.15) is 23.1 Å². The summed E-state index contributed by atoms with van der Waals surface area (Å²) in [5, 5.41) is 10.1. The van der Waals surface area contributed by atoms with E-state index < -0.39 is 45.8 Å². The number of ketones is 4. The fourth-order valence-corrected chi connectivity index (χ4v) is 7.33. The number of halogens is 3. The van der Waals surface area contributed by atoms with Crippen LogP contribution in [0.5, 0.6) is 0 Å². The van der Waals surface area contributed by atoms with Crippen molar-refractivity contribution in [2.75, 3.05) is 0 Å². The number of Topliss-reactive ketones (excluding diaryl/α,β-unsaturated/α-hetero) is 4. The van der Waals surface area contributed by atoms with Gasteiger partial charge in [-0.25, -0.2) is 0 Å². The molecule has 0 rings (SSSR count). The van der Waals surface area contributed by atoms with Crippen molar-refractivity contribution in [3.8, 4) is 0 Å². The van der Waals surface area contributed by atoms with E-state index in [1.807, 2.05) is 62.3 Å². The second kappa shape index (κ2) is 19.9. The maximum Gasteiger partial charge on any atom is 0.416 e. The molecule has 4 atom stereocenters. The summed E-state index contributed by atoms with van der Waals surface area (Å²) in [6.07, 6.45) is -1.04. The minimum atomic E-state index is -4.76. The maximum absolute atomic E-state index is 13.5. The predicted octanol–water partition coefficient (Wildman–Crippen LogP) is 13.6. The lowest BCUT2D eigenvalue weighted by atomic mass is 9.61. The van der Waals surface area contributed by atoms with E-state index in [0.717, 1.165) is 13.3 Å².